The first-order valence-electron chi connectivity index (χ1n) is 8.81. The Balaban J connectivity index is 1.62. The Bertz CT molecular complexity index is 533. The number of hydrogen-bond donors (Lipinski definition) is 1. The van der Waals surface area contributed by atoms with Gasteiger partial charge >= 0.3 is 0 Å². The number of carbonyl (C=O) groups is 2. The molecule has 1 aromatic rings. The third-order valence-electron chi connectivity index (χ3n) is 5.51. The third kappa shape index (κ3) is 3.43. The minimum absolute atomic E-state index is 0.0740. The van der Waals surface area contributed by atoms with Gasteiger partial charge in [0.1, 0.15) is 6.04 Å². The Hall–Kier alpha value is -1.78. The molecule has 0 bridgehead atoms. The number of piperidine rings is 2. The van der Waals surface area contributed by atoms with Gasteiger partial charge in [0.2, 0.25) is 11.8 Å². The standard InChI is InChI=1S/C18H27N3O2/c1-2-5-15(20-10-3-4-11-20)17(23)21-12-8-18(9-13-21)7-6-16(22)19-14-18/h3-4,10-11,15H,2,5-9,12-14H2,1H3,(H,19,22)/t15-/m0/s1. The molecule has 2 saturated heterocycles. The van der Waals surface area contributed by atoms with Crippen LogP contribution in [-0.2, 0) is 9.59 Å². The van der Waals surface area contributed by atoms with Gasteiger partial charge in [-0.1, -0.05) is 13.3 Å². The molecule has 1 aromatic heterocycles. The lowest BCUT2D eigenvalue weighted by molar-refractivity contribution is -0.138. The first-order valence-corrected chi connectivity index (χ1v) is 8.81. The van der Waals surface area contributed by atoms with Gasteiger partial charge in [-0.3, -0.25) is 9.59 Å². The second kappa shape index (κ2) is 6.77. The lowest BCUT2D eigenvalue weighted by Gasteiger charge is -2.44. The topological polar surface area (TPSA) is 54.3 Å². The van der Waals surface area contributed by atoms with Gasteiger partial charge in [-0.15, -0.1) is 0 Å². The fourth-order valence-electron chi connectivity index (χ4n) is 3.91. The maximum atomic E-state index is 12.9. The van der Waals surface area contributed by atoms with E-state index in [1.54, 1.807) is 0 Å². The average Bonchev–Trinajstić information content (AvgIpc) is 3.10. The van der Waals surface area contributed by atoms with E-state index in [1.807, 2.05) is 34.0 Å². The van der Waals surface area contributed by atoms with E-state index in [0.717, 1.165) is 51.7 Å². The Morgan fingerprint density at radius 2 is 1.96 bits per heavy atom. The molecule has 0 aromatic carbocycles. The zero-order valence-corrected chi connectivity index (χ0v) is 14.0. The van der Waals surface area contributed by atoms with Crippen LogP contribution in [-0.4, -0.2) is 40.9 Å². The number of likely N-dealkylation sites (tertiary alicyclic amines) is 1. The van der Waals surface area contributed by atoms with E-state index in [0.29, 0.717) is 6.42 Å². The molecule has 23 heavy (non-hydrogen) atoms. The van der Waals surface area contributed by atoms with Crippen LogP contribution in [0.1, 0.15) is 51.5 Å². The number of rotatable bonds is 4. The van der Waals surface area contributed by atoms with Gasteiger partial charge in [-0.05, 0) is 43.2 Å². The molecular weight excluding hydrogens is 290 g/mol. The zero-order valence-electron chi connectivity index (χ0n) is 14.0. The summed E-state index contributed by atoms with van der Waals surface area (Å²) >= 11 is 0. The van der Waals surface area contributed by atoms with Crippen LogP contribution in [0.3, 0.4) is 0 Å². The van der Waals surface area contributed by atoms with Crippen LogP contribution in [0.25, 0.3) is 0 Å². The van der Waals surface area contributed by atoms with Crippen molar-refractivity contribution in [3.63, 3.8) is 0 Å². The molecule has 2 aliphatic heterocycles. The van der Waals surface area contributed by atoms with Crippen molar-refractivity contribution in [2.24, 2.45) is 5.41 Å². The molecule has 2 fully saturated rings. The normalized spacial score (nSPS) is 22.0. The summed E-state index contributed by atoms with van der Waals surface area (Å²) < 4.78 is 2.04. The highest BCUT2D eigenvalue weighted by atomic mass is 16.2. The first kappa shape index (κ1) is 16.1. The molecular formula is C18H27N3O2. The van der Waals surface area contributed by atoms with Gasteiger partial charge < -0.3 is 14.8 Å². The fraction of sp³-hybridized carbons (Fsp3) is 0.667. The molecule has 1 N–H and O–H groups in total. The monoisotopic (exact) mass is 317 g/mol. The van der Waals surface area contributed by atoms with Crippen molar-refractivity contribution in [1.29, 1.82) is 0 Å². The van der Waals surface area contributed by atoms with Gasteiger partial charge in [0.15, 0.2) is 0 Å². The van der Waals surface area contributed by atoms with E-state index in [-0.39, 0.29) is 23.3 Å². The SMILES string of the molecule is CCC[C@@H](C(=O)N1CCC2(CCC(=O)NC2)CC1)n1cccc1. The lowest BCUT2D eigenvalue weighted by atomic mass is 9.73. The quantitative estimate of drug-likeness (QED) is 0.927. The third-order valence-corrected chi connectivity index (χ3v) is 5.51. The van der Waals surface area contributed by atoms with Crippen LogP contribution < -0.4 is 5.32 Å². The number of carbonyl (C=O) groups excluding carboxylic acids is 2. The maximum Gasteiger partial charge on any atom is 0.245 e. The lowest BCUT2D eigenvalue weighted by Crippen LogP contribution is -2.51. The summed E-state index contributed by atoms with van der Waals surface area (Å²) in [4.78, 5) is 26.4. The Morgan fingerprint density at radius 3 is 2.52 bits per heavy atom. The van der Waals surface area contributed by atoms with Crippen LogP contribution in [0.2, 0.25) is 0 Å². The minimum Gasteiger partial charge on any atom is -0.356 e. The maximum absolute atomic E-state index is 12.9. The van der Waals surface area contributed by atoms with Crippen LogP contribution in [0.15, 0.2) is 24.5 Å². The van der Waals surface area contributed by atoms with Crippen molar-refractivity contribution in [1.82, 2.24) is 14.8 Å². The molecule has 3 heterocycles. The Kier molecular flexibility index (Phi) is 4.74. The molecule has 0 unspecified atom stereocenters. The summed E-state index contributed by atoms with van der Waals surface area (Å²) in [5.41, 5.74) is 0.221. The largest absolute Gasteiger partial charge is 0.356 e. The van der Waals surface area contributed by atoms with Gasteiger partial charge in [0, 0.05) is 38.4 Å². The summed E-state index contributed by atoms with van der Waals surface area (Å²) in [6.07, 6.45) is 9.46. The highest BCUT2D eigenvalue weighted by Crippen LogP contribution is 2.38. The van der Waals surface area contributed by atoms with Crippen LogP contribution in [0.5, 0.6) is 0 Å². The van der Waals surface area contributed by atoms with E-state index in [2.05, 4.69) is 12.2 Å². The van der Waals surface area contributed by atoms with Crippen molar-refractivity contribution < 1.29 is 9.59 Å². The molecule has 0 aliphatic carbocycles. The van der Waals surface area contributed by atoms with Crippen molar-refractivity contribution in [2.45, 2.75) is 51.5 Å². The summed E-state index contributed by atoms with van der Waals surface area (Å²) in [6.45, 7) is 4.54. The molecule has 0 radical (unpaired) electrons. The minimum atomic E-state index is -0.0740. The molecule has 2 amide bonds. The van der Waals surface area contributed by atoms with Gasteiger partial charge in [0.05, 0.1) is 0 Å². The smallest absolute Gasteiger partial charge is 0.245 e. The second-order valence-electron chi connectivity index (χ2n) is 7.04. The fourth-order valence-corrected chi connectivity index (χ4v) is 3.91. The number of hydrogen-bond acceptors (Lipinski definition) is 2. The van der Waals surface area contributed by atoms with Crippen molar-refractivity contribution in [3.8, 4) is 0 Å². The number of nitrogens with zero attached hydrogens (tertiary/aromatic N) is 2. The molecule has 2 aliphatic rings. The van der Waals surface area contributed by atoms with E-state index >= 15 is 0 Å². The number of aromatic nitrogens is 1. The molecule has 5 heteroatoms. The van der Waals surface area contributed by atoms with E-state index < -0.39 is 0 Å². The molecule has 0 saturated carbocycles. The average molecular weight is 317 g/mol. The van der Waals surface area contributed by atoms with Crippen LogP contribution in [0, 0.1) is 5.41 Å². The molecule has 1 atom stereocenters. The summed E-state index contributed by atoms with van der Waals surface area (Å²) in [5, 5.41) is 3.01. The predicted molar refractivity (Wildman–Crippen MR) is 88.9 cm³/mol. The summed E-state index contributed by atoms with van der Waals surface area (Å²) in [7, 11) is 0. The van der Waals surface area contributed by atoms with E-state index in [1.165, 1.54) is 0 Å². The Morgan fingerprint density at radius 1 is 1.26 bits per heavy atom. The molecule has 5 nitrogen and oxygen atoms in total. The summed E-state index contributed by atoms with van der Waals surface area (Å²) in [5.74, 6) is 0.419. The van der Waals surface area contributed by atoms with Gasteiger partial charge in [0.25, 0.3) is 0 Å². The highest BCUT2D eigenvalue weighted by Gasteiger charge is 2.39. The highest BCUT2D eigenvalue weighted by molar-refractivity contribution is 5.80. The van der Waals surface area contributed by atoms with Crippen molar-refractivity contribution >= 4 is 11.8 Å². The van der Waals surface area contributed by atoms with Gasteiger partial charge in [-0.2, -0.15) is 0 Å². The predicted octanol–water partition coefficient (Wildman–Crippen LogP) is 2.35. The van der Waals surface area contributed by atoms with Crippen molar-refractivity contribution in [3.05, 3.63) is 24.5 Å². The first-order chi connectivity index (χ1) is 11.1. The second-order valence-corrected chi connectivity index (χ2v) is 7.04. The van der Waals surface area contributed by atoms with E-state index in [4.69, 9.17) is 0 Å². The van der Waals surface area contributed by atoms with Crippen LogP contribution >= 0.6 is 0 Å². The van der Waals surface area contributed by atoms with Crippen LogP contribution in [0.4, 0.5) is 0 Å². The molecule has 126 valence electrons. The van der Waals surface area contributed by atoms with Crippen molar-refractivity contribution in [2.75, 3.05) is 19.6 Å². The molecule has 1 spiro atoms. The zero-order chi connectivity index (χ0) is 16.3. The number of amides is 2. The molecule has 3 rings (SSSR count). The summed E-state index contributed by atoms with van der Waals surface area (Å²) in [6, 6.07) is 3.88. The number of nitrogens with one attached hydrogen (secondary N) is 1. The Labute approximate surface area is 138 Å². The van der Waals surface area contributed by atoms with Gasteiger partial charge in [-0.25, -0.2) is 0 Å². The van der Waals surface area contributed by atoms with E-state index in [9.17, 15) is 9.59 Å².